The minimum absolute atomic E-state index is 0.300. The van der Waals surface area contributed by atoms with Crippen molar-refractivity contribution in [2.45, 2.75) is 6.92 Å². The van der Waals surface area contributed by atoms with Crippen LogP contribution in [0, 0.1) is 6.92 Å². The van der Waals surface area contributed by atoms with Gasteiger partial charge < -0.3 is 9.47 Å². The van der Waals surface area contributed by atoms with Crippen LogP contribution in [0.5, 0.6) is 23.0 Å². The molecule has 4 nitrogen and oxygen atoms in total. The average molecular weight is 347 g/mol. The Morgan fingerprint density at radius 3 is 1.57 bits per heavy atom. The Morgan fingerprint density at radius 1 is 0.696 bits per heavy atom. The largest absolute Gasteiger partial charge is 0.454 e. The standard InChI is InChI=1S/C17H12Cl2N2O2/c1-11-12(22-14-7-3-9-20-16(14)18)5-2-6-13(11)23-15-8-4-10-21-17(15)19/h2-10H,1H3. The zero-order valence-electron chi connectivity index (χ0n) is 12.2. The van der Waals surface area contributed by atoms with E-state index in [1.807, 2.05) is 25.1 Å². The normalized spacial score (nSPS) is 10.4. The van der Waals surface area contributed by atoms with Gasteiger partial charge in [-0.05, 0) is 43.3 Å². The van der Waals surface area contributed by atoms with Gasteiger partial charge in [-0.15, -0.1) is 0 Å². The first kappa shape index (κ1) is 15.6. The molecule has 0 saturated carbocycles. The lowest BCUT2D eigenvalue weighted by molar-refractivity contribution is 0.452. The minimum Gasteiger partial charge on any atom is -0.454 e. The Balaban J connectivity index is 1.90. The van der Waals surface area contributed by atoms with Crippen molar-refractivity contribution < 1.29 is 9.47 Å². The maximum atomic E-state index is 6.02. The second-order valence-corrected chi connectivity index (χ2v) is 5.38. The number of pyridine rings is 2. The van der Waals surface area contributed by atoms with Crippen LogP contribution in [0.4, 0.5) is 0 Å². The van der Waals surface area contributed by atoms with Crippen LogP contribution in [-0.4, -0.2) is 9.97 Å². The predicted octanol–water partition coefficient (Wildman–Crippen LogP) is 5.68. The fraction of sp³-hybridized carbons (Fsp3) is 0.0588. The van der Waals surface area contributed by atoms with E-state index in [1.165, 1.54) is 0 Å². The van der Waals surface area contributed by atoms with E-state index in [1.54, 1.807) is 36.7 Å². The Labute approximate surface area is 143 Å². The summed E-state index contributed by atoms with van der Waals surface area (Å²) >= 11 is 12.0. The first-order valence-corrected chi connectivity index (χ1v) is 7.57. The maximum absolute atomic E-state index is 6.02. The molecule has 3 rings (SSSR count). The van der Waals surface area contributed by atoms with Crippen molar-refractivity contribution in [1.29, 1.82) is 0 Å². The lowest BCUT2D eigenvalue weighted by atomic mass is 10.2. The van der Waals surface area contributed by atoms with E-state index in [0.717, 1.165) is 5.56 Å². The van der Waals surface area contributed by atoms with E-state index in [4.69, 9.17) is 32.7 Å². The second kappa shape index (κ2) is 6.86. The molecule has 0 aliphatic heterocycles. The average Bonchev–Trinajstić information content (AvgIpc) is 2.55. The van der Waals surface area contributed by atoms with Crippen LogP contribution in [0.25, 0.3) is 0 Å². The highest BCUT2D eigenvalue weighted by Gasteiger charge is 2.11. The molecule has 1 aromatic carbocycles. The first-order valence-electron chi connectivity index (χ1n) is 6.81. The smallest absolute Gasteiger partial charge is 0.171 e. The molecule has 2 aromatic heterocycles. The van der Waals surface area contributed by atoms with Gasteiger partial charge >= 0.3 is 0 Å². The number of aromatic nitrogens is 2. The van der Waals surface area contributed by atoms with E-state index in [-0.39, 0.29) is 0 Å². The maximum Gasteiger partial charge on any atom is 0.171 e. The highest BCUT2D eigenvalue weighted by Crippen LogP contribution is 2.36. The fourth-order valence-electron chi connectivity index (χ4n) is 1.95. The Morgan fingerprint density at radius 2 is 1.13 bits per heavy atom. The minimum atomic E-state index is 0.300. The molecule has 6 heteroatoms. The highest BCUT2D eigenvalue weighted by molar-refractivity contribution is 6.31. The van der Waals surface area contributed by atoms with Crippen molar-refractivity contribution >= 4 is 23.2 Å². The molecule has 0 N–H and O–H groups in total. The molecule has 0 fully saturated rings. The topological polar surface area (TPSA) is 44.2 Å². The van der Waals surface area contributed by atoms with Gasteiger partial charge in [0.2, 0.25) is 0 Å². The van der Waals surface area contributed by atoms with Crippen LogP contribution in [0.15, 0.2) is 54.9 Å². The molecule has 0 amide bonds. The van der Waals surface area contributed by atoms with Crippen molar-refractivity contribution in [3.63, 3.8) is 0 Å². The van der Waals surface area contributed by atoms with Gasteiger partial charge in [-0.1, -0.05) is 29.3 Å². The van der Waals surface area contributed by atoms with Crippen LogP contribution in [0.3, 0.4) is 0 Å². The zero-order valence-corrected chi connectivity index (χ0v) is 13.7. The van der Waals surface area contributed by atoms with Crippen LogP contribution >= 0.6 is 23.2 Å². The van der Waals surface area contributed by atoms with Crippen molar-refractivity contribution in [3.05, 3.63) is 70.7 Å². The molecule has 0 radical (unpaired) electrons. The molecule has 23 heavy (non-hydrogen) atoms. The number of ether oxygens (including phenoxy) is 2. The zero-order chi connectivity index (χ0) is 16.2. The summed E-state index contributed by atoms with van der Waals surface area (Å²) in [4.78, 5) is 7.98. The van der Waals surface area contributed by atoms with Crippen molar-refractivity contribution in [3.8, 4) is 23.0 Å². The SMILES string of the molecule is Cc1c(Oc2cccnc2Cl)cccc1Oc1cccnc1Cl. The second-order valence-electron chi connectivity index (χ2n) is 4.67. The fourth-order valence-corrected chi connectivity index (χ4v) is 2.26. The summed E-state index contributed by atoms with van der Waals surface area (Å²) < 4.78 is 11.7. The molecule has 0 atom stereocenters. The molecule has 116 valence electrons. The number of hydrogen-bond acceptors (Lipinski definition) is 4. The number of rotatable bonds is 4. The molecule has 0 unspecified atom stereocenters. The van der Waals surface area contributed by atoms with Gasteiger partial charge in [-0.2, -0.15) is 0 Å². The van der Waals surface area contributed by atoms with E-state index in [9.17, 15) is 0 Å². The predicted molar refractivity (Wildman–Crippen MR) is 89.8 cm³/mol. The first-order chi connectivity index (χ1) is 11.1. The number of benzene rings is 1. The van der Waals surface area contributed by atoms with Gasteiger partial charge in [0, 0.05) is 18.0 Å². The molecule has 0 spiro atoms. The summed E-state index contributed by atoms with van der Waals surface area (Å²) in [7, 11) is 0. The van der Waals surface area contributed by atoms with E-state index >= 15 is 0 Å². The third-order valence-corrected chi connectivity index (χ3v) is 3.69. The van der Waals surface area contributed by atoms with Gasteiger partial charge in [0.05, 0.1) is 0 Å². The number of nitrogens with zero attached hydrogens (tertiary/aromatic N) is 2. The lowest BCUT2D eigenvalue weighted by Gasteiger charge is -2.14. The summed E-state index contributed by atoms with van der Waals surface area (Å²) in [5.41, 5.74) is 0.812. The van der Waals surface area contributed by atoms with Crippen LogP contribution < -0.4 is 9.47 Å². The third-order valence-electron chi connectivity index (χ3n) is 3.12. The summed E-state index contributed by atoms with van der Waals surface area (Å²) in [6.07, 6.45) is 3.21. The van der Waals surface area contributed by atoms with Crippen molar-refractivity contribution in [2.24, 2.45) is 0 Å². The van der Waals surface area contributed by atoms with Gasteiger partial charge in [0.1, 0.15) is 11.5 Å². The van der Waals surface area contributed by atoms with Gasteiger partial charge in [0.15, 0.2) is 21.8 Å². The van der Waals surface area contributed by atoms with Gasteiger partial charge in [0.25, 0.3) is 0 Å². The molecule has 3 aromatic rings. The summed E-state index contributed by atoms with van der Waals surface area (Å²) in [6, 6.07) is 12.5. The highest BCUT2D eigenvalue weighted by atomic mass is 35.5. The molecule has 0 bridgehead atoms. The molecule has 0 aliphatic rings. The molecule has 0 aliphatic carbocycles. The van der Waals surface area contributed by atoms with Gasteiger partial charge in [-0.25, -0.2) is 9.97 Å². The monoisotopic (exact) mass is 346 g/mol. The molecular weight excluding hydrogens is 335 g/mol. The third kappa shape index (κ3) is 3.55. The van der Waals surface area contributed by atoms with E-state index < -0.39 is 0 Å². The van der Waals surface area contributed by atoms with Crippen molar-refractivity contribution in [1.82, 2.24) is 9.97 Å². The van der Waals surface area contributed by atoms with Crippen LogP contribution in [-0.2, 0) is 0 Å². The molecule has 0 saturated heterocycles. The lowest BCUT2D eigenvalue weighted by Crippen LogP contribution is -1.94. The summed E-state index contributed by atoms with van der Waals surface area (Å²) in [5.74, 6) is 2.21. The van der Waals surface area contributed by atoms with Gasteiger partial charge in [-0.3, -0.25) is 0 Å². The number of hydrogen-bond donors (Lipinski definition) is 0. The number of halogens is 2. The molecule has 2 heterocycles. The van der Waals surface area contributed by atoms with Crippen molar-refractivity contribution in [2.75, 3.05) is 0 Å². The molecular formula is C17H12Cl2N2O2. The summed E-state index contributed by atoms with van der Waals surface area (Å²) in [5, 5.41) is 0.599. The Kier molecular flexibility index (Phi) is 4.65. The van der Waals surface area contributed by atoms with E-state index in [2.05, 4.69) is 9.97 Å². The van der Waals surface area contributed by atoms with E-state index in [0.29, 0.717) is 33.3 Å². The Hall–Kier alpha value is -2.30. The van der Waals surface area contributed by atoms with Crippen LogP contribution in [0.2, 0.25) is 10.3 Å². The Bertz CT molecular complexity index is 775. The summed E-state index contributed by atoms with van der Waals surface area (Å²) in [6.45, 7) is 1.89. The quantitative estimate of drug-likeness (QED) is 0.570. The van der Waals surface area contributed by atoms with Crippen LogP contribution in [0.1, 0.15) is 5.56 Å².